The van der Waals surface area contributed by atoms with Crippen molar-refractivity contribution in [3.8, 4) is 0 Å². The summed E-state index contributed by atoms with van der Waals surface area (Å²) in [4.78, 5) is 28.7. The third-order valence-corrected chi connectivity index (χ3v) is 7.91. The Labute approximate surface area is 168 Å². The van der Waals surface area contributed by atoms with Crippen LogP contribution in [0.2, 0.25) is 0 Å². The summed E-state index contributed by atoms with van der Waals surface area (Å²) in [6.45, 7) is 2.86. The van der Waals surface area contributed by atoms with E-state index in [4.69, 9.17) is 0 Å². The Hall–Kier alpha value is -1.84. The summed E-state index contributed by atoms with van der Waals surface area (Å²) >= 11 is 0. The maximum atomic E-state index is 13.7. The third kappa shape index (κ3) is 3.05. The molecule has 4 nitrogen and oxygen atoms in total. The van der Waals surface area contributed by atoms with Gasteiger partial charge >= 0.3 is 0 Å². The largest absolute Gasteiger partial charge is 0.330 e. The molecule has 0 spiro atoms. The molecular weight excluding hydrogens is 348 g/mol. The molecule has 0 aromatic heterocycles. The number of nitrogens with one attached hydrogen (secondary N) is 1. The van der Waals surface area contributed by atoms with Crippen LogP contribution in [0.1, 0.15) is 63.9 Å². The zero-order chi connectivity index (χ0) is 19.3. The maximum Gasteiger partial charge on any atom is 0.247 e. The number of amides is 2. The summed E-state index contributed by atoms with van der Waals surface area (Å²) in [5, 5.41) is 3.08. The molecule has 1 aliphatic heterocycles. The van der Waals surface area contributed by atoms with E-state index in [-0.39, 0.29) is 17.4 Å². The lowest BCUT2D eigenvalue weighted by molar-refractivity contribution is -0.160. The van der Waals surface area contributed by atoms with Crippen molar-refractivity contribution in [1.29, 1.82) is 0 Å². The molecule has 0 radical (unpaired) electrons. The number of likely N-dealkylation sites (tertiary alicyclic amines) is 1. The molecule has 2 amide bonds. The highest BCUT2D eigenvalue weighted by atomic mass is 16.2. The van der Waals surface area contributed by atoms with E-state index in [1.54, 1.807) is 0 Å². The highest BCUT2D eigenvalue weighted by molar-refractivity contribution is 5.98. The van der Waals surface area contributed by atoms with Gasteiger partial charge in [0.05, 0.1) is 5.41 Å². The Morgan fingerprint density at radius 2 is 1.79 bits per heavy atom. The second-order valence-corrected chi connectivity index (χ2v) is 9.90. The first-order valence-corrected chi connectivity index (χ1v) is 11.3. The van der Waals surface area contributed by atoms with E-state index in [1.807, 2.05) is 23.1 Å². The fourth-order valence-electron chi connectivity index (χ4n) is 7.05. The van der Waals surface area contributed by atoms with Crippen LogP contribution >= 0.6 is 0 Å². The number of aryl methyl sites for hydroxylation is 1. The molecule has 5 fully saturated rings. The highest BCUT2D eigenvalue weighted by Gasteiger charge is 2.56. The smallest absolute Gasteiger partial charge is 0.247 e. The van der Waals surface area contributed by atoms with Gasteiger partial charge in [0, 0.05) is 12.2 Å². The van der Waals surface area contributed by atoms with Crippen molar-refractivity contribution in [2.24, 2.45) is 23.2 Å². The quantitative estimate of drug-likeness (QED) is 0.842. The van der Waals surface area contributed by atoms with Crippen LogP contribution in [0.15, 0.2) is 24.3 Å². The normalized spacial score (nSPS) is 36.0. The number of anilines is 1. The Morgan fingerprint density at radius 1 is 1.11 bits per heavy atom. The van der Waals surface area contributed by atoms with Crippen molar-refractivity contribution in [1.82, 2.24) is 4.90 Å². The second-order valence-electron chi connectivity index (χ2n) is 9.90. The van der Waals surface area contributed by atoms with Gasteiger partial charge in [-0.05, 0) is 93.2 Å². The summed E-state index contributed by atoms with van der Waals surface area (Å²) in [6.07, 6.45) is 9.90. The zero-order valence-electron chi connectivity index (χ0n) is 17.0. The minimum atomic E-state index is -0.300. The number of hydrogen-bond acceptors (Lipinski definition) is 2. The third-order valence-electron chi connectivity index (χ3n) is 7.91. The molecule has 1 aromatic carbocycles. The van der Waals surface area contributed by atoms with Gasteiger partial charge in [0.2, 0.25) is 11.8 Å². The monoisotopic (exact) mass is 380 g/mol. The van der Waals surface area contributed by atoms with Gasteiger partial charge in [0.15, 0.2) is 0 Å². The molecule has 1 saturated heterocycles. The summed E-state index contributed by atoms with van der Waals surface area (Å²) in [6, 6.07) is 7.75. The molecule has 1 N–H and O–H groups in total. The summed E-state index contributed by atoms with van der Waals surface area (Å²) in [7, 11) is 0. The van der Waals surface area contributed by atoms with Gasteiger partial charge in [0.1, 0.15) is 6.04 Å². The van der Waals surface area contributed by atoms with Crippen molar-refractivity contribution < 1.29 is 9.59 Å². The predicted octanol–water partition coefficient (Wildman–Crippen LogP) is 4.39. The number of carbonyl (C=O) groups is 2. The van der Waals surface area contributed by atoms with Crippen LogP contribution in [0.25, 0.3) is 0 Å². The molecule has 4 aliphatic carbocycles. The van der Waals surface area contributed by atoms with E-state index < -0.39 is 0 Å². The first-order valence-electron chi connectivity index (χ1n) is 11.3. The van der Waals surface area contributed by atoms with Gasteiger partial charge < -0.3 is 10.2 Å². The van der Waals surface area contributed by atoms with Gasteiger partial charge in [-0.25, -0.2) is 0 Å². The van der Waals surface area contributed by atoms with Crippen LogP contribution in [0.5, 0.6) is 0 Å². The van der Waals surface area contributed by atoms with Crippen molar-refractivity contribution in [3.63, 3.8) is 0 Å². The van der Waals surface area contributed by atoms with Gasteiger partial charge in [-0.15, -0.1) is 0 Å². The number of rotatable bonds is 4. The molecule has 0 unspecified atom stereocenters. The van der Waals surface area contributed by atoms with Crippen molar-refractivity contribution in [2.75, 3.05) is 11.9 Å². The minimum absolute atomic E-state index is 0.0103. The number of hydrogen-bond donors (Lipinski definition) is 1. The molecule has 150 valence electrons. The number of nitrogens with zero attached hydrogens (tertiary/aromatic N) is 1. The van der Waals surface area contributed by atoms with Crippen LogP contribution in [0, 0.1) is 23.2 Å². The Balaban J connectivity index is 1.32. The van der Waals surface area contributed by atoms with E-state index in [1.165, 1.54) is 24.8 Å². The molecule has 28 heavy (non-hydrogen) atoms. The molecule has 6 rings (SSSR count). The minimum Gasteiger partial charge on any atom is -0.330 e. The van der Waals surface area contributed by atoms with Gasteiger partial charge in [0.25, 0.3) is 0 Å². The zero-order valence-corrected chi connectivity index (χ0v) is 17.0. The first-order chi connectivity index (χ1) is 13.6. The lowest BCUT2D eigenvalue weighted by atomic mass is 9.49. The van der Waals surface area contributed by atoms with Gasteiger partial charge in [-0.1, -0.05) is 19.1 Å². The van der Waals surface area contributed by atoms with Crippen LogP contribution in [0.4, 0.5) is 5.69 Å². The highest BCUT2D eigenvalue weighted by Crippen LogP contribution is 2.60. The van der Waals surface area contributed by atoms with Crippen molar-refractivity contribution >= 4 is 17.5 Å². The van der Waals surface area contributed by atoms with E-state index in [9.17, 15) is 9.59 Å². The molecule has 1 atom stereocenters. The average molecular weight is 381 g/mol. The molecule has 4 saturated carbocycles. The van der Waals surface area contributed by atoms with Crippen LogP contribution < -0.4 is 5.32 Å². The molecule has 4 bridgehead atoms. The van der Waals surface area contributed by atoms with Gasteiger partial charge in [-0.2, -0.15) is 0 Å². The van der Waals surface area contributed by atoms with E-state index >= 15 is 0 Å². The fourth-order valence-corrected chi connectivity index (χ4v) is 7.05. The standard InChI is InChI=1S/C24H32N2O2/c1-2-16-5-3-6-20(12-16)25-22(27)21-7-4-8-26(21)23(28)24-13-17-9-18(14-24)11-19(10-17)15-24/h3,5-6,12,17-19,21H,2,4,7-11,13-15H2,1H3,(H,25,27)/t17?,18?,19?,21-,24?/m0/s1. The Kier molecular flexibility index (Phi) is 4.48. The maximum absolute atomic E-state index is 13.7. The topological polar surface area (TPSA) is 49.4 Å². The van der Waals surface area contributed by atoms with Crippen molar-refractivity contribution in [2.45, 2.75) is 70.8 Å². The number of carbonyl (C=O) groups excluding carboxylic acids is 2. The Bertz CT molecular complexity index is 751. The average Bonchev–Trinajstić information content (AvgIpc) is 3.16. The van der Waals surface area contributed by atoms with Crippen LogP contribution in [0.3, 0.4) is 0 Å². The summed E-state index contributed by atoms with van der Waals surface area (Å²) in [5.74, 6) is 2.54. The predicted molar refractivity (Wildman–Crippen MR) is 110 cm³/mol. The summed E-state index contributed by atoms with van der Waals surface area (Å²) in [5.41, 5.74) is 1.91. The lowest BCUT2D eigenvalue weighted by Crippen LogP contribution is -2.56. The van der Waals surface area contributed by atoms with E-state index in [2.05, 4.69) is 18.3 Å². The molecule has 1 heterocycles. The molecular formula is C24H32N2O2. The first kappa shape index (κ1) is 18.2. The Morgan fingerprint density at radius 3 is 2.43 bits per heavy atom. The fraction of sp³-hybridized carbons (Fsp3) is 0.667. The van der Waals surface area contributed by atoms with E-state index in [0.29, 0.717) is 5.91 Å². The van der Waals surface area contributed by atoms with Crippen LogP contribution in [-0.4, -0.2) is 29.3 Å². The van der Waals surface area contributed by atoms with Gasteiger partial charge in [-0.3, -0.25) is 9.59 Å². The van der Waals surface area contributed by atoms with Crippen LogP contribution in [-0.2, 0) is 16.0 Å². The molecule has 4 heteroatoms. The van der Waals surface area contributed by atoms with E-state index in [0.717, 1.165) is 68.5 Å². The molecule has 1 aromatic rings. The SMILES string of the molecule is CCc1cccc(NC(=O)[C@@H]2CCCN2C(=O)C23CC4CC(CC(C4)C2)C3)c1. The lowest BCUT2D eigenvalue weighted by Gasteiger charge is -2.56. The second kappa shape index (κ2) is 6.89. The van der Waals surface area contributed by atoms with Crippen molar-refractivity contribution in [3.05, 3.63) is 29.8 Å². The summed E-state index contributed by atoms with van der Waals surface area (Å²) < 4.78 is 0. The molecule has 5 aliphatic rings. The number of benzene rings is 1.